The first-order valence-corrected chi connectivity index (χ1v) is 17.2. The first-order chi connectivity index (χ1) is 22.2. The number of hydrogen-bond acceptors (Lipinski definition) is 6. The summed E-state index contributed by atoms with van der Waals surface area (Å²) in [6, 6.07) is 14.5. The maximum absolute atomic E-state index is 12.8. The molecule has 3 N–H and O–H groups in total. The van der Waals surface area contributed by atoms with Crippen molar-refractivity contribution in [3.8, 4) is 0 Å². The topological polar surface area (TPSA) is 93.1 Å². The van der Waals surface area contributed by atoms with Crippen molar-refractivity contribution in [3.05, 3.63) is 106 Å². The number of benzene rings is 2. The summed E-state index contributed by atoms with van der Waals surface area (Å²) in [4.78, 5) is 29.4. The smallest absolute Gasteiger partial charge is 0.254 e. The maximum Gasteiger partial charge on any atom is 0.254 e. The van der Waals surface area contributed by atoms with Crippen LogP contribution in [0.2, 0.25) is 0 Å². The van der Waals surface area contributed by atoms with E-state index in [0.717, 1.165) is 17.7 Å². The van der Waals surface area contributed by atoms with Gasteiger partial charge in [0.05, 0.1) is 0 Å². The Kier molecular flexibility index (Phi) is 20.4. The van der Waals surface area contributed by atoms with Crippen molar-refractivity contribution in [1.29, 1.82) is 0 Å². The van der Waals surface area contributed by atoms with Gasteiger partial charge in [-0.25, -0.2) is 0 Å². The second kappa shape index (κ2) is 23.1. The Hall–Kier alpha value is -3.30. The lowest BCUT2D eigenvalue weighted by atomic mass is 10.00. The van der Waals surface area contributed by atoms with Gasteiger partial charge in [0.1, 0.15) is 0 Å². The third kappa shape index (κ3) is 13.6. The van der Waals surface area contributed by atoms with Crippen molar-refractivity contribution in [3.63, 3.8) is 0 Å². The summed E-state index contributed by atoms with van der Waals surface area (Å²) in [6.45, 7) is 17.9. The molecule has 0 aromatic heterocycles. The number of aliphatic hydroxyl groups is 2. The molecule has 1 aliphatic rings. The molecule has 252 valence electrons. The van der Waals surface area contributed by atoms with E-state index in [1.807, 2.05) is 74.4 Å². The zero-order valence-electron chi connectivity index (χ0n) is 28.2. The predicted molar refractivity (Wildman–Crippen MR) is 197 cm³/mol. The van der Waals surface area contributed by atoms with Gasteiger partial charge in [-0.15, -0.1) is 11.8 Å². The molecule has 1 saturated heterocycles. The number of amides is 2. The van der Waals surface area contributed by atoms with Crippen LogP contribution in [0.3, 0.4) is 0 Å². The zero-order chi connectivity index (χ0) is 34.5. The average molecular weight is 670 g/mol. The second-order valence-electron chi connectivity index (χ2n) is 10.5. The number of aliphatic hydroxyl groups excluding tert-OH is 2. The summed E-state index contributed by atoms with van der Waals surface area (Å²) in [5.41, 5.74) is 4.67. The third-order valence-electron chi connectivity index (χ3n) is 6.70. The van der Waals surface area contributed by atoms with E-state index in [4.69, 9.17) is 11.6 Å². The van der Waals surface area contributed by atoms with Crippen molar-refractivity contribution >= 4 is 45.9 Å². The van der Waals surface area contributed by atoms with Crippen LogP contribution in [0.5, 0.6) is 0 Å². The fourth-order valence-corrected chi connectivity index (χ4v) is 5.25. The van der Waals surface area contributed by atoms with E-state index in [1.54, 1.807) is 0 Å². The van der Waals surface area contributed by atoms with Gasteiger partial charge in [-0.1, -0.05) is 119 Å². The number of fused-ring (bicyclic) bond motifs is 1. The van der Waals surface area contributed by atoms with Gasteiger partial charge < -0.3 is 25.3 Å². The molecule has 1 fully saturated rings. The highest BCUT2D eigenvalue weighted by Gasteiger charge is 2.34. The van der Waals surface area contributed by atoms with Gasteiger partial charge in [0.15, 0.2) is 12.2 Å². The summed E-state index contributed by atoms with van der Waals surface area (Å²) < 4.78 is 0. The van der Waals surface area contributed by atoms with Crippen molar-refractivity contribution in [2.24, 2.45) is 0 Å². The highest BCUT2D eigenvalue weighted by Crippen LogP contribution is 2.23. The SMILES string of the molecule is C=C(CNC(=O)C(O)C(O)C(=O)N1CCN(C(/C=C\C=C/C)=C\Cl)CC1)S/C=C(\C)Cc1cccc2ccccc12.CC.CCC. The monoisotopic (exact) mass is 669 g/mol. The molecule has 1 aliphatic heterocycles. The van der Waals surface area contributed by atoms with E-state index >= 15 is 0 Å². The molecule has 0 aliphatic carbocycles. The molecular formula is C37H52ClN3O4S. The van der Waals surface area contributed by atoms with Crippen LogP contribution in [0.15, 0.2) is 100 Å². The minimum absolute atomic E-state index is 0.0897. The molecule has 2 unspecified atom stereocenters. The molecule has 1 heterocycles. The molecule has 0 bridgehead atoms. The number of hydrogen-bond donors (Lipinski definition) is 3. The Balaban J connectivity index is 0.00000199. The molecule has 2 aromatic rings. The number of thioether (sulfide) groups is 1. The van der Waals surface area contributed by atoms with Crippen molar-refractivity contribution in [2.75, 3.05) is 32.7 Å². The Labute approximate surface area is 285 Å². The number of allylic oxidation sites excluding steroid dienone is 5. The summed E-state index contributed by atoms with van der Waals surface area (Å²) in [5.74, 6) is -1.52. The van der Waals surface area contributed by atoms with Gasteiger partial charge in [-0.3, -0.25) is 9.59 Å². The van der Waals surface area contributed by atoms with Gasteiger partial charge in [0.25, 0.3) is 11.8 Å². The van der Waals surface area contributed by atoms with Gasteiger partial charge in [0.2, 0.25) is 0 Å². The molecule has 2 amide bonds. The molecule has 0 radical (unpaired) electrons. The van der Waals surface area contributed by atoms with Crippen LogP contribution in [0, 0.1) is 0 Å². The summed E-state index contributed by atoms with van der Waals surface area (Å²) >= 11 is 7.35. The van der Waals surface area contributed by atoms with E-state index in [2.05, 4.69) is 56.1 Å². The van der Waals surface area contributed by atoms with Crippen LogP contribution in [0.25, 0.3) is 10.8 Å². The molecule has 0 spiro atoms. The Morgan fingerprint density at radius 2 is 1.61 bits per heavy atom. The van der Waals surface area contributed by atoms with E-state index in [-0.39, 0.29) is 6.54 Å². The molecule has 2 atom stereocenters. The van der Waals surface area contributed by atoms with Gasteiger partial charge in [-0.05, 0) is 48.1 Å². The fraction of sp³-hybridized carbons (Fsp3) is 0.405. The number of halogens is 1. The highest BCUT2D eigenvalue weighted by atomic mass is 35.5. The van der Waals surface area contributed by atoms with Crippen LogP contribution in [0.4, 0.5) is 0 Å². The van der Waals surface area contributed by atoms with Crippen LogP contribution in [0.1, 0.15) is 53.5 Å². The van der Waals surface area contributed by atoms with E-state index < -0.39 is 24.0 Å². The molecule has 9 heteroatoms. The largest absolute Gasteiger partial charge is 0.380 e. The Morgan fingerprint density at radius 1 is 1.00 bits per heavy atom. The van der Waals surface area contributed by atoms with E-state index in [9.17, 15) is 19.8 Å². The lowest BCUT2D eigenvalue weighted by molar-refractivity contribution is -0.154. The molecule has 2 aromatic carbocycles. The molecule has 0 saturated carbocycles. The van der Waals surface area contributed by atoms with Crippen molar-refractivity contribution in [2.45, 2.75) is 66.6 Å². The number of piperazine rings is 1. The van der Waals surface area contributed by atoms with Gasteiger partial charge in [0, 0.05) is 48.9 Å². The maximum atomic E-state index is 12.8. The quantitative estimate of drug-likeness (QED) is 0.208. The third-order valence-corrected chi connectivity index (χ3v) is 7.92. The zero-order valence-corrected chi connectivity index (χ0v) is 29.8. The average Bonchev–Trinajstić information content (AvgIpc) is 3.08. The molecule has 7 nitrogen and oxygen atoms in total. The minimum atomic E-state index is -1.89. The van der Waals surface area contributed by atoms with Gasteiger partial charge >= 0.3 is 0 Å². The van der Waals surface area contributed by atoms with E-state index in [0.29, 0.717) is 31.1 Å². The van der Waals surface area contributed by atoms with Gasteiger partial charge in [-0.2, -0.15) is 0 Å². The fourth-order valence-electron chi connectivity index (χ4n) is 4.43. The highest BCUT2D eigenvalue weighted by molar-refractivity contribution is 8.05. The Morgan fingerprint density at radius 3 is 2.24 bits per heavy atom. The number of nitrogens with one attached hydrogen (secondary N) is 1. The number of nitrogens with zero attached hydrogens (tertiary/aromatic N) is 2. The van der Waals surface area contributed by atoms with Crippen LogP contribution < -0.4 is 5.32 Å². The lowest BCUT2D eigenvalue weighted by Gasteiger charge is -2.37. The summed E-state index contributed by atoms with van der Waals surface area (Å²) in [6.07, 6.45) is 5.84. The Bertz CT molecular complexity index is 1360. The summed E-state index contributed by atoms with van der Waals surface area (Å²) in [7, 11) is 0. The number of carbonyl (C=O) groups is 2. The standard InChI is InChI=1S/C32H38ClN3O4S.C3H8.C2H6/c1-4-5-6-13-27(20-33)35-15-17-36(18-16-35)32(40)30(38)29(37)31(39)34-21-24(3)41-22-23(2)19-26-12-9-11-25-10-7-8-14-28(25)26;1-3-2;1-2/h4-14,20,22,29-30,37-38H,3,15-19,21H2,1-2H3,(H,34,39);3H2,1-2H3;1-2H3/b5-4-,13-6-,23-22+,27-20-;;. The van der Waals surface area contributed by atoms with Crippen molar-refractivity contribution < 1.29 is 19.8 Å². The van der Waals surface area contributed by atoms with Crippen LogP contribution in [-0.2, 0) is 16.0 Å². The molecule has 3 rings (SSSR count). The molecular weight excluding hydrogens is 618 g/mol. The second-order valence-corrected chi connectivity index (χ2v) is 11.7. The number of rotatable bonds is 12. The summed E-state index contributed by atoms with van der Waals surface area (Å²) in [5, 5.41) is 27.8. The normalized spacial score (nSPS) is 15.2. The van der Waals surface area contributed by atoms with Crippen molar-refractivity contribution in [1.82, 2.24) is 15.1 Å². The van der Waals surface area contributed by atoms with Crippen LogP contribution in [-0.4, -0.2) is 76.8 Å². The van der Waals surface area contributed by atoms with Crippen LogP contribution >= 0.6 is 23.4 Å². The van der Waals surface area contributed by atoms with E-state index in [1.165, 1.54) is 45.0 Å². The number of carbonyl (C=O) groups excluding carboxylic acids is 2. The molecule has 46 heavy (non-hydrogen) atoms. The lowest BCUT2D eigenvalue weighted by Crippen LogP contribution is -2.55. The minimum Gasteiger partial charge on any atom is -0.380 e. The predicted octanol–water partition coefficient (Wildman–Crippen LogP) is 7.17. The first kappa shape index (κ1) is 40.7. The first-order valence-electron chi connectivity index (χ1n) is 15.9.